The Hall–Kier alpha value is -3.68. The molecule has 0 aliphatic carbocycles. The molecule has 0 radical (unpaired) electrons. The largest absolute Gasteiger partial charge is 0.445 e. The fourth-order valence-corrected chi connectivity index (χ4v) is 3.46. The number of hydrogen-bond donors (Lipinski definition) is 3. The first-order valence-corrected chi connectivity index (χ1v) is 12.3. The molecule has 0 unspecified atom stereocenters. The van der Waals surface area contributed by atoms with Crippen LogP contribution >= 0.6 is 0 Å². The van der Waals surface area contributed by atoms with Crippen molar-refractivity contribution in [3.8, 4) is 0 Å². The second-order valence-corrected chi connectivity index (χ2v) is 9.29. The number of nitrogens with one attached hydrogen (secondary N) is 3. The highest BCUT2D eigenvalue weighted by molar-refractivity contribution is 6.38. The lowest BCUT2D eigenvalue weighted by molar-refractivity contribution is -0.140. The molecule has 0 aliphatic heterocycles. The molecular weight excluding hydrogens is 458 g/mol. The van der Waals surface area contributed by atoms with Crippen LogP contribution in [0.2, 0.25) is 0 Å². The zero-order chi connectivity index (χ0) is 26.5. The van der Waals surface area contributed by atoms with E-state index >= 15 is 0 Å². The highest BCUT2D eigenvalue weighted by Crippen LogP contribution is 2.11. The molecule has 0 saturated heterocycles. The Bertz CT molecular complexity index is 995. The number of alkyl carbamates (subject to hydrolysis) is 1. The van der Waals surface area contributed by atoms with Crippen LogP contribution in [0.5, 0.6) is 0 Å². The van der Waals surface area contributed by atoms with Gasteiger partial charge in [0.25, 0.3) is 5.91 Å². The third-order valence-corrected chi connectivity index (χ3v) is 5.79. The number of Topliss-reactive ketones (excluding diaryl/α,β-unsaturated/α-hetero) is 1. The van der Waals surface area contributed by atoms with Gasteiger partial charge in [0, 0.05) is 13.0 Å². The highest BCUT2D eigenvalue weighted by Gasteiger charge is 2.32. The zero-order valence-electron chi connectivity index (χ0n) is 21.5. The average Bonchev–Trinajstić information content (AvgIpc) is 2.88. The summed E-state index contributed by atoms with van der Waals surface area (Å²) in [6, 6.07) is 16.3. The zero-order valence-corrected chi connectivity index (χ0v) is 21.5. The number of carbonyl (C=O) groups excluding carboxylic acids is 4. The van der Waals surface area contributed by atoms with Gasteiger partial charge in [0.1, 0.15) is 18.7 Å². The van der Waals surface area contributed by atoms with Crippen LogP contribution in [-0.2, 0) is 32.1 Å². The predicted molar refractivity (Wildman–Crippen MR) is 138 cm³/mol. The maximum absolute atomic E-state index is 13.3. The summed E-state index contributed by atoms with van der Waals surface area (Å²) in [5, 5.41) is 7.96. The lowest BCUT2D eigenvalue weighted by Crippen LogP contribution is -2.56. The van der Waals surface area contributed by atoms with Gasteiger partial charge in [-0.3, -0.25) is 14.4 Å². The number of ether oxygens (including phenoxy) is 1. The van der Waals surface area contributed by atoms with Crippen molar-refractivity contribution in [1.82, 2.24) is 16.0 Å². The van der Waals surface area contributed by atoms with Crippen LogP contribution in [0.15, 0.2) is 60.7 Å². The van der Waals surface area contributed by atoms with E-state index in [2.05, 4.69) is 16.0 Å². The SMILES string of the molecule is CC[C@H](C)[C@H](NC(=O)OCc1ccccc1)C(=O)N[C@@H](Cc1ccccc1)C(=O)C(=O)NCC(C)C. The minimum absolute atomic E-state index is 0.0622. The summed E-state index contributed by atoms with van der Waals surface area (Å²) in [5.41, 5.74) is 1.61. The van der Waals surface area contributed by atoms with Gasteiger partial charge in [0.15, 0.2) is 0 Å². The first-order chi connectivity index (χ1) is 17.2. The average molecular weight is 496 g/mol. The van der Waals surface area contributed by atoms with E-state index in [1.807, 2.05) is 88.4 Å². The molecule has 8 heteroatoms. The van der Waals surface area contributed by atoms with Crippen LogP contribution in [-0.4, -0.2) is 42.3 Å². The molecule has 8 nitrogen and oxygen atoms in total. The maximum atomic E-state index is 13.3. The number of hydrogen-bond acceptors (Lipinski definition) is 5. The normalized spacial score (nSPS) is 13.2. The van der Waals surface area contributed by atoms with Crippen molar-refractivity contribution in [3.63, 3.8) is 0 Å². The summed E-state index contributed by atoms with van der Waals surface area (Å²) in [5.74, 6) is -2.10. The van der Waals surface area contributed by atoms with E-state index in [0.717, 1.165) is 11.1 Å². The fraction of sp³-hybridized carbons (Fsp3) is 0.429. The number of benzene rings is 2. The smallest absolute Gasteiger partial charge is 0.408 e. The molecule has 0 fully saturated rings. The molecule has 0 bridgehead atoms. The Morgan fingerprint density at radius 3 is 1.97 bits per heavy atom. The lowest BCUT2D eigenvalue weighted by Gasteiger charge is -2.26. The maximum Gasteiger partial charge on any atom is 0.408 e. The van der Waals surface area contributed by atoms with E-state index in [0.29, 0.717) is 13.0 Å². The molecule has 0 aliphatic rings. The molecule has 2 rings (SSSR count). The van der Waals surface area contributed by atoms with E-state index in [9.17, 15) is 19.2 Å². The molecule has 0 heterocycles. The fourth-order valence-electron chi connectivity index (χ4n) is 3.46. The van der Waals surface area contributed by atoms with Gasteiger partial charge in [-0.25, -0.2) is 4.79 Å². The number of ketones is 1. The third kappa shape index (κ3) is 9.52. The van der Waals surface area contributed by atoms with E-state index in [-0.39, 0.29) is 24.9 Å². The van der Waals surface area contributed by atoms with Gasteiger partial charge in [-0.1, -0.05) is 94.8 Å². The van der Waals surface area contributed by atoms with Crippen molar-refractivity contribution in [2.75, 3.05) is 6.54 Å². The van der Waals surface area contributed by atoms with Gasteiger partial charge in [-0.15, -0.1) is 0 Å². The van der Waals surface area contributed by atoms with Crippen LogP contribution in [0.25, 0.3) is 0 Å². The first kappa shape index (κ1) is 28.6. The minimum Gasteiger partial charge on any atom is -0.445 e. The van der Waals surface area contributed by atoms with Gasteiger partial charge < -0.3 is 20.7 Å². The minimum atomic E-state index is -1.08. The van der Waals surface area contributed by atoms with Crippen molar-refractivity contribution < 1.29 is 23.9 Å². The molecule has 0 aromatic heterocycles. The molecular formula is C28H37N3O5. The van der Waals surface area contributed by atoms with E-state index in [1.165, 1.54) is 0 Å². The van der Waals surface area contributed by atoms with Crippen molar-refractivity contribution in [2.24, 2.45) is 11.8 Å². The molecule has 36 heavy (non-hydrogen) atoms. The van der Waals surface area contributed by atoms with Gasteiger partial charge in [-0.05, 0) is 23.0 Å². The summed E-state index contributed by atoms with van der Waals surface area (Å²) in [6.07, 6.45) is 0.00926. The van der Waals surface area contributed by atoms with Crippen molar-refractivity contribution in [1.29, 1.82) is 0 Å². The van der Waals surface area contributed by atoms with Crippen LogP contribution < -0.4 is 16.0 Å². The number of carbonyl (C=O) groups is 4. The lowest BCUT2D eigenvalue weighted by atomic mass is 9.96. The monoisotopic (exact) mass is 495 g/mol. The molecule has 3 amide bonds. The Morgan fingerprint density at radius 2 is 1.42 bits per heavy atom. The van der Waals surface area contributed by atoms with Gasteiger partial charge >= 0.3 is 6.09 Å². The second-order valence-electron chi connectivity index (χ2n) is 9.29. The van der Waals surface area contributed by atoms with Gasteiger partial charge in [0.05, 0.1) is 0 Å². The van der Waals surface area contributed by atoms with E-state index in [4.69, 9.17) is 4.74 Å². The van der Waals surface area contributed by atoms with Crippen LogP contribution in [0.1, 0.15) is 45.2 Å². The summed E-state index contributed by atoms with van der Waals surface area (Å²) in [6.45, 7) is 7.98. The molecule has 3 N–H and O–H groups in total. The molecule has 194 valence electrons. The Balaban J connectivity index is 2.13. The topological polar surface area (TPSA) is 114 Å². The quantitative estimate of drug-likeness (QED) is 0.369. The number of amides is 3. The Labute approximate surface area is 213 Å². The summed E-state index contributed by atoms with van der Waals surface area (Å²) < 4.78 is 5.28. The second kappa shape index (κ2) is 14.7. The Morgan fingerprint density at radius 1 is 0.833 bits per heavy atom. The van der Waals surface area contributed by atoms with Crippen molar-refractivity contribution in [3.05, 3.63) is 71.8 Å². The van der Waals surface area contributed by atoms with Gasteiger partial charge in [-0.2, -0.15) is 0 Å². The van der Waals surface area contributed by atoms with Gasteiger partial charge in [0.2, 0.25) is 11.7 Å². The van der Waals surface area contributed by atoms with Crippen LogP contribution in [0.3, 0.4) is 0 Å². The molecule has 0 saturated carbocycles. The van der Waals surface area contributed by atoms with Crippen LogP contribution in [0.4, 0.5) is 4.79 Å². The molecule has 2 aromatic carbocycles. The highest BCUT2D eigenvalue weighted by atomic mass is 16.5. The molecule has 2 aromatic rings. The molecule has 0 spiro atoms. The summed E-state index contributed by atoms with van der Waals surface area (Å²) >= 11 is 0. The van der Waals surface area contributed by atoms with Crippen LogP contribution in [0, 0.1) is 11.8 Å². The summed E-state index contributed by atoms with van der Waals surface area (Å²) in [7, 11) is 0. The Kier molecular flexibility index (Phi) is 11.6. The predicted octanol–water partition coefficient (Wildman–Crippen LogP) is 3.40. The third-order valence-electron chi connectivity index (χ3n) is 5.79. The molecule has 3 atom stereocenters. The summed E-state index contributed by atoms with van der Waals surface area (Å²) in [4.78, 5) is 51.3. The van der Waals surface area contributed by atoms with Crippen molar-refractivity contribution in [2.45, 2.75) is 59.2 Å². The standard InChI is InChI=1S/C28H37N3O5/c1-5-20(4)24(31-28(35)36-18-22-14-10-7-11-15-22)26(33)30-23(16-21-12-8-6-9-13-21)25(32)27(34)29-17-19(2)3/h6-15,19-20,23-24H,5,16-18H2,1-4H3,(H,29,34)(H,30,33)(H,31,35)/t20-,23-,24-/m0/s1. The van der Waals surface area contributed by atoms with E-state index < -0.39 is 35.8 Å². The van der Waals surface area contributed by atoms with E-state index in [1.54, 1.807) is 0 Å². The number of rotatable bonds is 13. The van der Waals surface area contributed by atoms with Crippen molar-refractivity contribution >= 4 is 23.7 Å². The first-order valence-electron chi connectivity index (χ1n) is 12.3.